The molecule has 1 fully saturated rings. The van der Waals surface area contributed by atoms with Crippen molar-refractivity contribution < 1.29 is 21.6 Å². The lowest BCUT2D eigenvalue weighted by Gasteiger charge is -2.24. The van der Waals surface area contributed by atoms with E-state index in [1.807, 2.05) is 31.2 Å². The summed E-state index contributed by atoms with van der Waals surface area (Å²) in [6, 6.07) is 6.94. The highest BCUT2D eigenvalue weighted by atomic mass is 32.2. The molecule has 1 aromatic rings. The maximum Gasteiger partial charge on any atom is 0.235 e. The number of sulfonamides is 1. The van der Waals surface area contributed by atoms with E-state index < -0.39 is 31.8 Å². The van der Waals surface area contributed by atoms with Gasteiger partial charge in [-0.25, -0.2) is 16.8 Å². The largest absolute Gasteiger partial charge is 0.351 e. The summed E-state index contributed by atoms with van der Waals surface area (Å²) in [7, 11) is -6.91. The van der Waals surface area contributed by atoms with E-state index in [4.69, 9.17) is 0 Å². The first-order valence-corrected chi connectivity index (χ1v) is 11.2. The molecule has 0 bridgehead atoms. The molecular weight excluding hydrogens is 352 g/mol. The van der Waals surface area contributed by atoms with Crippen LogP contribution >= 0.6 is 0 Å². The average molecular weight is 374 g/mol. The van der Waals surface area contributed by atoms with Crippen LogP contribution in [-0.4, -0.2) is 57.4 Å². The van der Waals surface area contributed by atoms with Crippen LogP contribution in [0, 0.1) is 6.92 Å². The Morgan fingerprint density at radius 3 is 2.62 bits per heavy atom. The highest BCUT2D eigenvalue weighted by Gasteiger charge is 2.37. The molecule has 1 N–H and O–H groups in total. The number of aryl methyl sites for hydroxylation is 1. The van der Waals surface area contributed by atoms with Gasteiger partial charge < -0.3 is 5.32 Å². The number of nitrogens with zero attached hydrogens (tertiary/aromatic N) is 1. The number of nitrogens with one attached hydrogen (secondary N) is 1. The predicted molar refractivity (Wildman–Crippen MR) is 91.6 cm³/mol. The van der Waals surface area contributed by atoms with Crippen LogP contribution in [0.15, 0.2) is 24.3 Å². The Bertz CT molecular complexity index is 818. The minimum atomic E-state index is -3.68. The number of sulfone groups is 1. The van der Waals surface area contributed by atoms with Gasteiger partial charge in [0.1, 0.15) is 0 Å². The maximum atomic E-state index is 12.1. The van der Waals surface area contributed by atoms with Crippen molar-refractivity contribution in [2.75, 3.05) is 24.3 Å². The molecule has 1 aliphatic heterocycles. The molecule has 0 aromatic heterocycles. The van der Waals surface area contributed by atoms with Gasteiger partial charge in [0, 0.05) is 12.6 Å². The normalized spacial score (nSPS) is 20.2. The van der Waals surface area contributed by atoms with Crippen LogP contribution in [0.4, 0.5) is 0 Å². The Morgan fingerprint density at radius 1 is 1.38 bits per heavy atom. The SMILES string of the molecule is Cc1cccc(CNC(=O)CN(C2CCS(=O)(=O)C2)S(C)(=O)=O)c1. The molecule has 1 aromatic carbocycles. The van der Waals surface area contributed by atoms with Crippen LogP contribution in [0.5, 0.6) is 0 Å². The van der Waals surface area contributed by atoms with Crippen molar-refractivity contribution in [3.8, 4) is 0 Å². The topological polar surface area (TPSA) is 101 Å². The summed E-state index contributed by atoms with van der Waals surface area (Å²) >= 11 is 0. The zero-order valence-corrected chi connectivity index (χ0v) is 15.4. The maximum absolute atomic E-state index is 12.1. The van der Waals surface area contributed by atoms with Crippen molar-refractivity contribution in [2.24, 2.45) is 0 Å². The molecule has 1 aliphatic rings. The van der Waals surface area contributed by atoms with E-state index in [0.717, 1.165) is 21.7 Å². The number of carbonyl (C=O) groups excluding carboxylic acids is 1. The quantitative estimate of drug-likeness (QED) is 0.759. The Morgan fingerprint density at radius 2 is 2.08 bits per heavy atom. The third kappa shape index (κ3) is 5.29. The lowest BCUT2D eigenvalue weighted by atomic mass is 10.1. The van der Waals surface area contributed by atoms with E-state index in [2.05, 4.69) is 5.32 Å². The number of hydrogen-bond acceptors (Lipinski definition) is 5. The molecule has 0 radical (unpaired) electrons. The van der Waals surface area contributed by atoms with Crippen LogP contribution in [0.3, 0.4) is 0 Å². The number of hydrogen-bond donors (Lipinski definition) is 1. The van der Waals surface area contributed by atoms with Gasteiger partial charge >= 0.3 is 0 Å². The molecule has 7 nitrogen and oxygen atoms in total. The van der Waals surface area contributed by atoms with Gasteiger partial charge in [-0.3, -0.25) is 4.79 Å². The molecule has 9 heteroatoms. The van der Waals surface area contributed by atoms with Gasteiger partial charge in [0.2, 0.25) is 15.9 Å². The van der Waals surface area contributed by atoms with Gasteiger partial charge in [-0.1, -0.05) is 29.8 Å². The second-order valence-electron chi connectivity index (χ2n) is 6.13. The second-order valence-corrected chi connectivity index (χ2v) is 10.3. The fourth-order valence-electron chi connectivity index (χ4n) is 2.74. The van der Waals surface area contributed by atoms with Crippen molar-refractivity contribution in [1.29, 1.82) is 0 Å². The van der Waals surface area contributed by atoms with Crippen molar-refractivity contribution in [3.63, 3.8) is 0 Å². The Labute approximate surface area is 143 Å². The number of amides is 1. The Balaban J connectivity index is 2.00. The zero-order chi connectivity index (χ0) is 18.0. The average Bonchev–Trinajstić information content (AvgIpc) is 2.81. The van der Waals surface area contributed by atoms with Crippen LogP contribution in [0.2, 0.25) is 0 Å². The molecule has 134 valence electrons. The van der Waals surface area contributed by atoms with Gasteiger partial charge in [0.05, 0.1) is 24.3 Å². The predicted octanol–water partition coefficient (Wildman–Crippen LogP) is 0.0599. The van der Waals surface area contributed by atoms with Crippen molar-refractivity contribution in [3.05, 3.63) is 35.4 Å². The van der Waals surface area contributed by atoms with Gasteiger partial charge in [0.25, 0.3) is 0 Å². The monoisotopic (exact) mass is 374 g/mol. The van der Waals surface area contributed by atoms with Crippen molar-refractivity contribution in [2.45, 2.75) is 25.9 Å². The summed E-state index contributed by atoms with van der Waals surface area (Å²) in [4.78, 5) is 12.1. The van der Waals surface area contributed by atoms with Crippen LogP contribution in [0.1, 0.15) is 17.5 Å². The van der Waals surface area contributed by atoms with E-state index in [9.17, 15) is 21.6 Å². The molecule has 1 amide bonds. The Kier molecular flexibility index (Phi) is 5.67. The summed E-state index contributed by atoms with van der Waals surface area (Å²) in [5.74, 6) is -0.731. The zero-order valence-electron chi connectivity index (χ0n) is 13.7. The highest BCUT2D eigenvalue weighted by Crippen LogP contribution is 2.19. The molecule has 1 heterocycles. The lowest BCUT2D eigenvalue weighted by molar-refractivity contribution is -0.121. The van der Waals surface area contributed by atoms with Crippen LogP contribution in [-0.2, 0) is 31.2 Å². The number of carbonyl (C=O) groups is 1. The summed E-state index contributed by atoms with van der Waals surface area (Å²) in [5, 5.41) is 2.68. The second kappa shape index (κ2) is 7.20. The van der Waals surface area contributed by atoms with Gasteiger partial charge in [-0.05, 0) is 18.9 Å². The van der Waals surface area contributed by atoms with Gasteiger partial charge in [-0.15, -0.1) is 0 Å². The summed E-state index contributed by atoms with van der Waals surface area (Å²) < 4.78 is 48.0. The third-order valence-electron chi connectivity index (χ3n) is 3.91. The van der Waals surface area contributed by atoms with Gasteiger partial charge in [-0.2, -0.15) is 4.31 Å². The van der Waals surface area contributed by atoms with E-state index in [1.54, 1.807) is 0 Å². The molecule has 2 rings (SSSR count). The molecule has 1 unspecified atom stereocenters. The number of rotatable bonds is 6. The first kappa shape index (κ1) is 18.9. The molecule has 0 spiro atoms. The van der Waals surface area contributed by atoms with E-state index >= 15 is 0 Å². The molecule has 0 aliphatic carbocycles. The first-order valence-electron chi connectivity index (χ1n) is 7.56. The molecule has 1 atom stereocenters. The summed E-state index contributed by atoms with van der Waals surface area (Å²) in [6.07, 6.45) is 1.21. The standard InChI is InChI=1S/C15H22N2O5S2/c1-12-4-3-5-13(8-12)9-16-15(18)10-17(23(2,19)20)14-6-7-24(21,22)11-14/h3-5,8,14H,6-7,9-11H2,1-2H3,(H,16,18). The number of benzene rings is 1. The molecular formula is C15H22N2O5S2. The van der Waals surface area contributed by atoms with E-state index in [1.165, 1.54) is 0 Å². The fourth-order valence-corrected chi connectivity index (χ4v) is 5.64. The van der Waals surface area contributed by atoms with Crippen LogP contribution in [0.25, 0.3) is 0 Å². The Hall–Kier alpha value is -1.45. The van der Waals surface area contributed by atoms with E-state index in [-0.39, 0.29) is 24.5 Å². The fraction of sp³-hybridized carbons (Fsp3) is 0.533. The minimum absolute atomic E-state index is 0.0470. The highest BCUT2D eigenvalue weighted by molar-refractivity contribution is 7.92. The lowest BCUT2D eigenvalue weighted by Crippen LogP contribution is -2.46. The summed E-state index contributed by atoms with van der Waals surface area (Å²) in [6.45, 7) is 1.86. The van der Waals surface area contributed by atoms with Crippen LogP contribution < -0.4 is 5.32 Å². The third-order valence-corrected chi connectivity index (χ3v) is 6.94. The molecule has 0 saturated carbocycles. The van der Waals surface area contributed by atoms with Crippen molar-refractivity contribution >= 4 is 25.8 Å². The first-order chi connectivity index (χ1) is 11.1. The van der Waals surface area contributed by atoms with Crippen molar-refractivity contribution in [1.82, 2.24) is 9.62 Å². The minimum Gasteiger partial charge on any atom is -0.351 e. The molecule has 24 heavy (non-hydrogen) atoms. The molecule has 1 saturated heterocycles. The van der Waals surface area contributed by atoms with Gasteiger partial charge in [0.15, 0.2) is 9.84 Å². The van der Waals surface area contributed by atoms with E-state index in [0.29, 0.717) is 6.54 Å². The summed E-state index contributed by atoms with van der Waals surface area (Å²) in [5.41, 5.74) is 1.98. The smallest absolute Gasteiger partial charge is 0.235 e.